The molecular formula is C24H29N3O5. The van der Waals surface area contributed by atoms with E-state index in [2.05, 4.69) is 16.0 Å². The fourth-order valence-electron chi connectivity index (χ4n) is 2.54. The highest BCUT2D eigenvalue weighted by molar-refractivity contribution is 5.94. The molecule has 0 aliphatic rings. The third-order valence-corrected chi connectivity index (χ3v) is 4.02. The van der Waals surface area contributed by atoms with E-state index in [1.807, 2.05) is 24.3 Å². The van der Waals surface area contributed by atoms with Gasteiger partial charge in [0.25, 0.3) is 0 Å². The number of rotatable bonds is 8. The standard InChI is InChI=1S/C24H29N3O5/c1-24(2,3)32-23(30)26-16-22(29)27-19-11-8-18(9-12-19)15-25-21(28)13-10-17-6-5-7-20(14-17)31-4/h5-14H,15-16H2,1-4H3,(H,25,28)(H,26,30)(H,27,29)/b13-10+. The van der Waals surface area contributed by atoms with Gasteiger partial charge in [-0.15, -0.1) is 0 Å². The first kappa shape index (κ1) is 24.5. The Balaban J connectivity index is 1.76. The monoisotopic (exact) mass is 439 g/mol. The first-order chi connectivity index (χ1) is 15.1. The lowest BCUT2D eigenvalue weighted by molar-refractivity contribution is -0.117. The number of hydrogen-bond donors (Lipinski definition) is 3. The molecular weight excluding hydrogens is 410 g/mol. The van der Waals surface area contributed by atoms with E-state index in [1.54, 1.807) is 58.2 Å². The van der Waals surface area contributed by atoms with Crippen LogP contribution in [-0.4, -0.2) is 37.2 Å². The van der Waals surface area contributed by atoms with Crippen molar-refractivity contribution in [2.24, 2.45) is 0 Å². The van der Waals surface area contributed by atoms with Crippen molar-refractivity contribution < 1.29 is 23.9 Å². The number of methoxy groups -OCH3 is 1. The summed E-state index contributed by atoms with van der Waals surface area (Å²) in [6, 6.07) is 14.4. The van der Waals surface area contributed by atoms with Crippen LogP contribution in [0.15, 0.2) is 54.6 Å². The predicted molar refractivity (Wildman–Crippen MR) is 123 cm³/mol. The van der Waals surface area contributed by atoms with Gasteiger partial charge in [0.2, 0.25) is 11.8 Å². The lowest BCUT2D eigenvalue weighted by Crippen LogP contribution is -2.37. The summed E-state index contributed by atoms with van der Waals surface area (Å²) in [5, 5.41) is 7.89. The molecule has 0 bridgehead atoms. The number of nitrogens with one attached hydrogen (secondary N) is 3. The lowest BCUT2D eigenvalue weighted by Gasteiger charge is -2.19. The van der Waals surface area contributed by atoms with Gasteiger partial charge in [-0.1, -0.05) is 24.3 Å². The maximum absolute atomic E-state index is 12.0. The second-order valence-electron chi connectivity index (χ2n) is 7.93. The smallest absolute Gasteiger partial charge is 0.408 e. The van der Waals surface area contributed by atoms with E-state index in [9.17, 15) is 14.4 Å². The zero-order valence-electron chi connectivity index (χ0n) is 18.7. The van der Waals surface area contributed by atoms with E-state index in [4.69, 9.17) is 9.47 Å². The molecule has 0 fully saturated rings. The molecule has 3 amide bonds. The Morgan fingerprint density at radius 2 is 1.72 bits per heavy atom. The van der Waals surface area contributed by atoms with Crippen molar-refractivity contribution >= 4 is 29.7 Å². The molecule has 0 saturated heterocycles. The molecule has 0 aromatic heterocycles. The van der Waals surface area contributed by atoms with Gasteiger partial charge >= 0.3 is 6.09 Å². The van der Waals surface area contributed by atoms with E-state index in [0.29, 0.717) is 12.2 Å². The van der Waals surface area contributed by atoms with Crippen LogP contribution in [0.1, 0.15) is 31.9 Å². The first-order valence-electron chi connectivity index (χ1n) is 10.1. The number of benzene rings is 2. The van der Waals surface area contributed by atoms with Crippen LogP contribution in [0.25, 0.3) is 6.08 Å². The molecule has 0 saturated carbocycles. The van der Waals surface area contributed by atoms with Crippen LogP contribution in [0.3, 0.4) is 0 Å². The van der Waals surface area contributed by atoms with Crippen LogP contribution in [0.5, 0.6) is 5.75 Å². The minimum Gasteiger partial charge on any atom is -0.497 e. The highest BCUT2D eigenvalue weighted by atomic mass is 16.6. The van der Waals surface area contributed by atoms with Gasteiger partial charge in [0.15, 0.2) is 0 Å². The SMILES string of the molecule is COc1cccc(/C=C/C(=O)NCc2ccc(NC(=O)CNC(=O)OC(C)(C)C)cc2)c1. The van der Waals surface area contributed by atoms with Crippen molar-refractivity contribution in [3.63, 3.8) is 0 Å². The Kier molecular flexibility index (Phi) is 8.83. The fourth-order valence-corrected chi connectivity index (χ4v) is 2.54. The molecule has 170 valence electrons. The maximum Gasteiger partial charge on any atom is 0.408 e. The predicted octanol–water partition coefficient (Wildman–Crippen LogP) is 3.49. The van der Waals surface area contributed by atoms with Gasteiger partial charge < -0.3 is 25.4 Å². The van der Waals surface area contributed by atoms with Gasteiger partial charge in [0.1, 0.15) is 17.9 Å². The molecule has 0 aliphatic heterocycles. The number of carbonyl (C=O) groups is 3. The number of ether oxygens (including phenoxy) is 2. The molecule has 0 radical (unpaired) electrons. The summed E-state index contributed by atoms with van der Waals surface area (Å²) in [4.78, 5) is 35.6. The third kappa shape index (κ3) is 9.34. The van der Waals surface area contributed by atoms with Crippen LogP contribution in [0.2, 0.25) is 0 Å². The van der Waals surface area contributed by atoms with E-state index >= 15 is 0 Å². The Morgan fingerprint density at radius 3 is 2.38 bits per heavy atom. The van der Waals surface area contributed by atoms with E-state index < -0.39 is 11.7 Å². The highest BCUT2D eigenvalue weighted by Crippen LogP contribution is 2.14. The number of hydrogen-bond acceptors (Lipinski definition) is 5. The van der Waals surface area contributed by atoms with Crippen LogP contribution < -0.4 is 20.7 Å². The normalized spacial score (nSPS) is 11.0. The first-order valence-corrected chi connectivity index (χ1v) is 10.1. The van der Waals surface area contributed by atoms with E-state index in [1.165, 1.54) is 6.08 Å². The van der Waals surface area contributed by atoms with Gasteiger partial charge in [-0.3, -0.25) is 9.59 Å². The molecule has 8 heteroatoms. The van der Waals surface area contributed by atoms with E-state index in [0.717, 1.165) is 16.9 Å². The van der Waals surface area contributed by atoms with Crippen molar-refractivity contribution in [2.45, 2.75) is 32.9 Å². The van der Waals surface area contributed by atoms with Crippen molar-refractivity contribution in [1.82, 2.24) is 10.6 Å². The molecule has 3 N–H and O–H groups in total. The van der Waals surface area contributed by atoms with Crippen molar-refractivity contribution in [2.75, 3.05) is 19.0 Å². The van der Waals surface area contributed by atoms with Crippen molar-refractivity contribution in [3.05, 3.63) is 65.7 Å². The van der Waals surface area contributed by atoms with Crippen LogP contribution in [0, 0.1) is 0 Å². The quantitative estimate of drug-likeness (QED) is 0.546. The summed E-state index contributed by atoms with van der Waals surface area (Å²) < 4.78 is 10.2. The van der Waals surface area contributed by atoms with Crippen LogP contribution >= 0.6 is 0 Å². The minimum atomic E-state index is -0.654. The van der Waals surface area contributed by atoms with Gasteiger partial charge in [-0.05, 0) is 62.2 Å². The number of alkyl carbamates (subject to hydrolysis) is 1. The molecule has 0 heterocycles. The Hall–Kier alpha value is -3.81. The van der Waals surface area contributed by atoms with Crippen molar-refractivity contribution in [3.8, 4) is 5.75 Å². The summed E-state index contributed by atoms with van der Waals surface area (Å²) in [6.45, 7) is 5.37. The zero-order chi connectivity index (χ0) is 23.6. The Morgan fingerprint density at radius 1 is 1.00 bits per heavy atom. The highest BCUT2D eigenvalue weighted by Gasteiger charge is 2.16. The van der Waals surface area contributed by atoms with Crippen LogP contribution in [-0.2, 0) is 20.9 Å². The molecule has 2 aromatic rings. The van der Waals surface area contributed by atoms with Gasteiger partial charge in [0.05, 0.1) is 7.11 Å². The van der Waals surface area contributed by atoms with Gasteiger partial charge in [-0.2, -0.15) is 0 Å². The van der Waals surface area contributed by atoms with E-state index in [-0.39, 0.29) is 18.4 Å². The largest absolute Gasteiger partial charge is 0.497 e. The number of amides is 3. The molecule has 8 nitrogen and oxygen atoms in total. The molecule has 0 spiro atoms. The topological polar surface area (TPSA) is 106 Å². The third-order valence-electron chi connectivity index (χ3n) is 4.02. The second kappa shape index (κ2) is 11.5. The molecule has 0 atom stereocenters. The maximum atomic E-state index is 12.0. The molecule has 0 unspecified atom stereocenters. The average Bonchev–Trinajstić information content (AvgIpc) is 2.75. The molecule has 32 heavy (non-hydrogen) atoms. The minimum absolute atomic E-state index is 0.202. The number of anilines is 1. The summed E-state index contributed by atoms with van der Waals surface area (Å²) >= 11 is 0. The number of carbonyl (C=O) groups excluding carboxylic acids is 3. The van der Waals surface area contributed by atoms with Crippen molar-refractivity contribution in [1.29, 1.82) is 0 Å². The van der Waals surface area contributed by atoms with Crippen LogP contribution in [0.4, 0.5) is 10.5 Å². The summed E-state index contributed by atoms with van der Waals surface area (Å²) in [6.07, 6.45) is 2.52. The molecule has 2 aromatic carbocycles. The summed E-state index contributed by atoms with van der Waals surface area (Å²) in [5.41, 5.74) is 1.68. The van der Waals surface area contributed by atoms with Gasteiger partial charge in [0, 0.05) is 18.3 Å². The second-order valence-corrected chi connectivity index (χ2v) is 7.93. The Labute approximate surface area is 188 Å². The zero-order valence-corrected chi connectivity index (χ0v) is 18.7. The molecule has 2 rings (SSSR count). The van der Waals surface area contributed by atoms with Gasteiger partial charge in [-0.25, -0.2) is 4.79 Å². The molecule has 0 aliphatic carbocycles. The summed E-state index contributed by atoms with van der Waals surface area (Å²) in [5.74, 6) is 0.123. The lowest BCUT2D eigenvalue weighted by atomic mass is 10.2. The summed E-state index contributed by atoms with van der Waals surface area (Å²) in [7, 11) is 1.59. The average molecular weight is 440 g/mol. The fraction of sp³-hybridized carbons (Fsp3) is 0.292. The Bertz CT molecular complexity index is 962.